The Morgan fingerprint density at radius 1 is 0.907 bits per heavy atom. The lowest BCUT2D eigenvalue weighted by Gasteiger charge is -2.29. The molecule has 0 aliphatic carbocycles. The van der Waals surface area contributed by atoms with Crippen molar-refractivity contribution >= 4 is 41.1 Å². The molecule has 5 amide bonds. The van der Waals surface area contributed by atoms with E-state index in [1.54, 1.807) is 53.9 Å². The number of aromatic nitrogens is 1. The fourth-order valence-electron chi connectivity index (χ4n) is 5.27. The van der Waals surface area contributed by atoms with E-state index in [-0.39, 0.29) is 43.6 Å². The van der Waals surface area contributed by atoms with E-state index in [4.69, 9.17) is 9.47 Å². The summed E-state index contributed by atoms with van der Waals surface area (Å²) in [5.41, 5.74) is 3.41. The first-order valence-corrected chi connectivity index (χ1v) is 19.5. The van der Waals surface area contributed by atoms with Crippen molar-refractivity contribution in [3.05, 3.63) is 45.9 Å². The maximum Gasteiger partial charge on any atom is 0.429 e. The largest absolute Gasteiger partial charge is 0.497 e. The molecule has 302 valence electrons. The smallest absolute Gasteiger partial charge is 0.429 e. The zero-order chi connectivity index (χ0) is 40.7. The number of nitrogens with zero attached hydrogens (tertiary/aromatic N) is 2. The highest BCUT2D eigenvalue weighted by Crippen LogP contribution is 2.19. The van der Waals surface area contributed by atoms with Crippen molar-refractivity contribution in [1.29, 1.82) is 0 Å². The van der Waals surface area contributed by atoms with Gasteiger partial charge in [-0.05, 0) is 70.1 Å². The van der Waals surface area contributed by atoms with Crippen LogP contribution in [0.4, 0.5) is 4.79 Å². The Morgan fingerprint density at radius 3 is 2.09 bits per heavy atom. The molecule has 0 aliphatic heterocycles. The molecule has 0 radical (unpaired) electrons. The summed E-state index contributed by atoms with van der Waals surface area (Å²) < 4.78 is 10.8. The Morgan fingerprint density at radius 2 is 1.56 bits per heavy atom. The average Bonchev–Trinajstić information content (AvgIpc) is 3.50. The number of carbonyl (C=O) groups is 5. The van der Waals surface area contributed by atoms with Crippen LogP contribution in [0.1, 0.15) is 91.4 Å². The Bertz CT molecular complexity index is 1520. The number of aliphatic hydroxyl groups is 1. The molecule has 0 saturated carbocycles. The number of thiazole rings is 1. The standard InChI is InChI=1S/C39H62N6O8S/c1-23(2)21-40-37(50)34(24(3)4)43-35(48)25(5)18-31(46)30(20-28-12-14-29(52-11)15-13-28)42-32(47)16-17-45(38(51)53-39(8,9)10)44-36(49)26(6)19-33-41-27(7)22-54-33/h12-15,22-26,30-31,34,46H,16-21H2,1-11H3,(H,40,50)(H,42,47)(H,43,48)(H,44,49). The van der Waals surface area contributed by atoms with Gasteiger partial charge in [0.05, 0.1) is 30.8 Å². The van der Waals surface area contributed by atoms with Gasteiger partial charge in [-0.25, -0.2) is 14.8 Å². The van der Waals surface area contributed by atoms with E-state index in [1.165, 1.54) is 11.3 Å². The molecule has 15 heteroatoms. The van der Waals surface area contributed by atoms with Crippen LogP contribution in [0, 0.1) is 30.6 Å². The summed E-state index contributed by atoms with van der Waals surface area (Å²) in [6, 6.07) is 5.59. The number of aryl methyl sites for hydroxylation is 1. The second kappa shape index (κ2) is 21.6. The van der Waals surface area contributed by atoms with Crippen molar-refractivity contribution in [3.8, 4) is 5.75 Å². The average molecular weight is 775 g/mol. The monoisotopic (exact) mass is 774 g/mol. The van der Waals surface area contributed by atoms with Gasteiger partial charge in [-0.3, -0.25) is 24.6 Å². The lowest BCUT2D eigenvalue weighted by molar-refractivity contribution is -0.132. The molecule has 5 N–H and O–H groups in total. The number of carbonyl (C=O) groups excluding carboxylic acids is 5. The number of ether oxygens (including phenoxy) is 2. The van der Waals surface area contributed by atoms with Gasteiger partial charge in [0, 0.05) is 42.3 Å². The first kappa shape index (κ1) is 45.9. The molecule has 2 aromatic rings. The van der Waals surface area contributed by atoms with Crippen molar-refractivity contribution in [3.63, 3.8) is 0 Å². The molecule has 0 spiro atoms. The minimum Gasteiger partial charge on any atom is -0.497 e. The highest BCUT2D eigenvalue weighted by Gasteiger charge is 2.31. The molecule has 1 heterocycles. The normalized spacial score (nSPS) is 14.3. The molecular formula is C39H62N6O8S. The first-order valence-electron chi connectivity index (χ1n) is 18.6. The van der Waals surface area contributed by atoms with Gasteiger partial charge < -0.3 is 30.5 Å². The third-order valence-electron chi connectivity index (χ3n) is 8.42. The third-order valence-corrected chi connectivity index (χ3v) is 9.41. The number of benzene rings is 1. The van der Waals surface area contributed by atoms with Crippen LogP contribution in [-0.4, -0.2) is 88.8 Å². The minimum atomic E-state index is -1.17. The highest BCUT2D eigenvalue weighted by molar-refractivity contribution is 7.09. The molecule has 0 saturated heterocycles. The summed E-state index contributed by atoms with van der Waals surface area (Å²) >= 11 is 1.45. The quantitative estimate of drug-likeness (QED) is 0.130. The number of nitrogens with one attached hydrogen (secondary N) is 4. The van der Waals surface area contributed by atoms with E-state index < -0.39 is 59.4 Å². The SMILES string of the molecule is COc1ccc(CC(NC(=O)CCN(NC(=O)C(C)Cc2nc(C)cs2)C(=O)OC(C)(C)C)C(O)CC(C)C(=O)NC(C(=O)NCC(C)C)C(C)C)cc1. The van der Waals surface area contributed by atoms with Gasteiger partial charge in [0.2, 0.25) is 23.6 Å². The lowest BCUT2D eigenvalue weighted by atomic mass is 9.93. The number of hydrogen-bond acceptors (Lipinski definition) is 10. The van der Waals surface area contributed by atoms with Crippen LogP contribution in [0.2, 0.25) is 0 Å². The second-order valence-corrected chi connectivity index (χ2v) is 16.6. The summed E-state index contributed by atoms with van der Waals surface area (Å²) in [5, 5.41) is 23.8. The van der Waals surface area contributed by atoms with Crippen LogP contribution in [0.3, 0.4) is 0 Å². The van der Waals surface area contributed by atoms with Crippen LogP contribution in [0.15, 0.2) is 29.6 Å². The summed E-state index contributed by atoms with van der Waals surface area (Å²) in [4.78, 5) is 70.4. The van der Waals surface area contributed by atoms with Crippen LogP contribution < -0.4 is 26.1 Å². The second-order valence-electron chi connectivity index (χ2n) is 15.6. The first-order chi connectivity index (χ1) is 25.2. The van der Waals surface area contributed by atoms with E-state index in [2.05, 4.69) is 26.4 Å². The maximum absolute atomic E-state index is 13.5. The van der Waals surface area contributed by atoms with Gasteiger partial charge in [-0.2, -0.15) is 0 Å². The summed E-state index contributed by atoms with van der Waals surface area (Å²) in [6.07, 6.45) is -1.64. The van der Waals surface area contributed by atoms with Crippen molar-refractivity contribution in [1.82, 2.24) is 31.4 Å². The predicted molar refractivity (Wildman–Crippen MR) is 208 cm³/mol. The van der Waals surface area contributed by atoms with Crippen molar-refractivity contribution < 1.29 is 38.6 Å². The van der Waals surface area contributed by atoms with Crippen LogP contribution >= 0.6 is 11.3 Å². The third kappa shape index (κ3) is 16.4. The van der Waals surface area contributed by atoms with Crippen molar-refractivity contribution in [2.45, 2.75) is 119 Å². The molecule has 5 atom stereocenters. The van der Waals surface area contributed by atoms with E-state index in [1.807, 2.05) is 52.1 Å². The van der Waals surface area contributed by atoms with Gasteiger partial charge in [0.25, 0.3) is 0 Å². The van der Waals surface area contributed by atoms with Crippen LogP contribution in [0.5, 0.6) is 5.75 Å². The van der Waals surface area contributed by atoms with E-state index >= 15 is 0 Å². The number of amides is 5. The fourth-order valence-corrected chi connectivity index (χ4v) is 6.18. The Labute approximate surface area is 324 Å². The number of hydrogen-bond donors (Lipinski definition) is 5. The minimum absolute atomic E-state index is 0.0119. The van der Waals surface area contributed by atoms with E-state index in [0.717, 1.165) is 21.3 Å². The zero-order valence-corrected chi connectivity index (χ0v) is 34.6. The number of rotatable bonds is 19. The Kier molecular flexibility index (Phi) is 18.4. The van der Waals surface area contributed by atoms with Crippen molar-refractivity contribution in [2.24, 2.45) is 23.7 Å². The van der Waals surface area contributed by atoms with Crippen LogP contribution in [0.25, 0.3) is 0 Å². The molecule has 0 bridgehead atoms. The molecule has 14 nitrogen and oxygen atoms in total. The van der Waals surface area contributed by atoms with E-state index in [0.29, 0.717) is 18.7 Å². The Hall–Kier alpha value is -4.24. The van der Waals surface area contributed by atoms with Gasteiger partial charge >= 0.3 is 6.09 Å². The molecule has 1 aromatic heterocycles. The fraction of sp³-hybridized carbons (Fsp3) is 0.641. The summed E-state index contributed by atoms with van der Waals surface area (Å²) in [5.74, 6) is -2.12. The molecule has 2 rings (SSSR count). The number of aliphatic hydroxyl groups excluding tert-OH is 1. The number of methoxy groups -OCH3 is 1. The van der Waals surface area contributed by atoms with Gasteiger partial charge in [0.15, 0.2) is 0 Å². The molecule has 0 fully saturated rings. The van der Waals surface area contributed by atoms with Gasteiger partial charge in [-0.15, -0.1) is 11.3 Å². The zero-order valence-electron chi connectivity index (χ0n) is 33.8. The van der Waals surface area contributed by atoms with Gasteiger partial charge in [-0.1, -0.05) is 53.7 Å². The van der Waals surface area contributed by atoms with Crippen molar-refractivity contribution in [2.75, 3.05) is 20.2 Å². The highest BCUT2D eigenvalue weighted by atomic mass is 32.1. The molecular weight excluding hydrogens is 713 g/mol. The predicted octanol–water partition coefficient (Wildman–Crippen LogP) is 4.32. The Balaban J connectivity index is 2.19. The molecule has 1 aromatic carbocycles. The number of hydrazine groups is 1. The molecule has 0 aliphatic rings. The van der Waals surface area contributed by atoms with Crippen LogP contribution in [-0.2, 0) is 36.8 Å². The maximum atomic E-state index is 13.5. The lowest BCUT2D eigenvalue weighted by Crippen LogP contribution is -2.53. The molecule has 5 unspecified atom stereocenters. The summed E-state index contributed by atoms with van der Waals surface area (Å²) in [7, 11) is 1.55. The molecule has 54 heavy (non-hydrogen) atoms. The topological polar surface area (TPSA) is 188 Å². The summed E-state index contributed by atoms with van der Waals surface area (Å²) in [6.45, 7) is 18.3. The van der Waals surface area contributed by atoms with Gasteiger partial charge in [0.1, 0.15) is 17.4 Å². The van der Waals surface area contributed by atoms with E-state index in [9.17, 15) is 29.1 Å².